The molecule has 0 amide bonds. The van der Waals surface area contributed by atoms with Gasteiger partial charge in [0.2, 0.25) is 5.13 Å². The summed E-state index contributed by atoms with van der Waals surface area (Å²) in [4.78, 5) is 0. The lowest BCUT2D eigenvalue weighted by molar-refractivity contribution is 0.539. The highest BCUT2D eigenvalue weighted by molar-refractivity contribution is 7.94. The zero-order valence-corrected chi connectivity index (χ0v) is 11.4. The smallest absolute Gasteiger partial charge is 0.292 e. The van der Waals surface area contributed by atoms with Crippen LogP contribution in [0.1, 0.15) is 19.9 Å². The number of nitrogens with two attached hydrogens (primary N) is 1. The van der Waals surface area contributed by atoms with Gasteiger partial charge in [0, 0.05) is 12.1 Å². The summed E-state index contributed by atoms with van der Waals surface area (Å²) in [6.45, 7) is 3.79. The van der Waals surface area contributed by atoms with Crippen molar-refractivity contribution < 1.29 is 8.42 Å². The summed E-state index contributed by atoms with van der Waals surface area (Å²) in [7, 11) is -3.76. The molecule has 0 atom stereocenters. The van der Waals surface area contributed by atoms with Crippen LogP contribution in [0.5, 0.6) is 0 Å². The largest absolute Gasteiger partial charge is 0.374 e. The molecule has 0 aliphatic rings. The molecule has 3 N–H and O–H groups in total. The molecule has 0 aliphatic heterocycles. The van der Waals surface area contributed by atoms with Crippen molar-refractivity contribution in [1.29, 1.82) is 0 Å². The molecule has 0 spiro atoms. The van der Waals surface area contributed by atoms with Crippen molar-refractivity contribution in [1.82, 2.24) is 20.0 Å². The fourth-order valence-electron chi connectivity index (χ4n) is 1.32. The number of aromatic nitrogens is 4. The Kier molecular flexibility index (Phi) is 3.22. The molecule has 18 heavy (non-hydrogen) atoms. The highest BCUT2D eigenvalue weighted by Gasteiger charge is 2.21. The summed E-state index contributed by atoms with van der Waals surface area (Å²) in [5.74, 6) is 0.374. The Bertz CT molecular complexity index is 644. The summed E-state index contributed by atoms with van der Waals surface area (Å²) in [6.07, 6.45) is 1.52. The van der Waals surface area contributed by atoms with Crippen molar-refractivity contribution >= 4 is 32.3 Å². The summed E-state index contributed by atoms with van der Waals surface area (Å²) in [5.41, 5.74) is 5.36. The molecule has 2 aromatic rings. The third-order valence-corrected chi connectivity index (χ3v) is 4.52. The molecule has 2 rings (SSSR count). The predicted molar refractivity (Wildman–Crippen MR) is 67.7 cm³/mol. The van der Waals surface area contributed by atoms with Crippen LogP contribution in [0.15, 0.2) is 16.6 Å². The summed E-state index contributed by atoms with van der Waals surface area (Å²) >= 11 is 0.806. The van der Waals surface area contributed by atoms with Crippen LogP contribution < -0.4 is 10.5 Å². The molecule has 98 valence electrons. The lowest BCUT2D eigenvalue weighted by atomic mass is 10.4. The van der Waals surface area contributed by atoms with E-state index in [9.17, 15) is 8.42 Å². The van der Waals surface area contributed by atoms with Crippen molar-refractivity contribution in [3.63, 3.8) is 0 Å². The van der Waals surface area contributed by atoms with E-state index in [1.54, 1.807) is 10.7 Å². The SMILES string of the molecule is CC(C)n1nccc1NS(=O)(=O)c1nnc(N)s1. The van der Waals surface area contributed by atoms with E-state index in [0.717, 1.165) is 11.3 Å². The molecule has 0 unspecified atom stereocenters. The Balaban J connectivity index is 2.31. The van der Waals surface area contributed by atoms with Crippen LogP contribution in [-0.4, -0.2) is 28.4 Å². The van der Waals surface area contributed by atoms with E-state index < -0.39 is 10.0 Å². The Morgan fingerprint density at radius 2 is 2.17 bits per heavy atom. The quantitative estimate of drug-likeness (QED) is 0.855. The van der Waals surface area contributed by atoms with Crippen LogP contribution in [0, 0.1) is 0 Å². The third-order valence-electron chi connectivity index (χ3n) is 2.05. The summed E-state index contributed by atoms with van der Waals surface area (Å²) in [5, 5.41) is 11.1. The lowest BCUT2D eigenvalue weighted by Gasteiger charge is -2.11. The maximum absolute atomic E-state index is 12.0. The van der Waals surface area contributed by atoms with Crippen LogP contribution in [0.3, 0.4) is 0 Å². The van der Waals surface area contributed by atoms with Crippen LogP contribution in [0.2, 0.25) is 0 Å². The van der Waals surface area contributed by atoms with E-state index >= 15 is 0 Å². The van der Waals surface area contributed by atoms with Crippen LogP contribution in [0.25, 0.3) is 0 Å². The predicted octanol–water partition coefficient (Wildman–Crippen LogP) is 0.699. The zero-order chi connectivity index (χ0) is 13.3. The minimum Gasteiger partial charge on any atom is -0.374 e. The average Bonchev–Trinajstić information content (AvgIpc) is 2.86. The Hall–Kier alpha value is -1.68. The van der Waals surface area contributed by atoms with Crippen LogP contribution in [-0.2, 0) is 10.0 Å². The van der Waals surface area contributed by atoms with Gasteiger partial charge in [0.05, 0.1) is 6.20 Å². The van der Waals surface area contributed by atoms with Crippen LogP contribution >= 0.6 is 11.3 Å². The van der Waals surface area contributed by atoms with E-state index in [4.69, 9.17) is 5.73 Å². The van der Waals surface area contributed by atoms with E-state index in [-0.39, 0.29) is 15.5 Å². The number of rotatable bonds is 4. The number of nitrogen functional groups attached to an aromatic ring is 1. The van der Waals surface area contributed by atoms with Gasteiger partial charge in [-0.05, 0) is 13.8 Å². The molecular formula is C8H12N6O2S2. The second-order valence-electron chi connectivity index (χ2n) is 3.77. The van der Waals surface area contributed by atoms with Crippen LogP contribution in [0.4, 0.5) is 10.9 Å². The first-order chi connectivity index (χ1) is 8.40. The number of nitrogens with one attached hydrogen (secondary N) is 1. The minimum atomic E-state index is -3.76. The molecule has 0 radical (unpaired) electrons. The Morgan fingerprint density at radius 1 is 1.44 bits per heavy atom. The van der Waals surface area contributed by atoms with Gasteiger partial charge in [0.1, 0.15) is 5.82 Å². The number of anilines is 2. The van der Waals surface area contributed by atoms with Crippen molar-refractivity contribution in [2.24, 2.45) is 0 Å². The molecule has 2 heterocycles. The number of hydrogen-bond donors (Lipinski definition) is 2. The molecule has 0 fully saturated rings. The van der Waals surface area contributed by atoms with Gasteiger partial charge in [-0.25, -0.2) is 4.68 Å². The lowest BCUT2D eigenvalue weighted by Crippen LogP contribution is -2.17. The topological polar surface area (TPSA) is 116 Å². The number of nitrogens with zero attached hydrogens (tertiary/aromatic N) is 4. The summed E-state index contributed by atoms with van der Waals surface area (Å²) in [6, 6.07) is 1.61. The van der Waals surface area contributed by atoms with Gasteiger partial charge in [0.15, 0.2) is 0 Å². The normalized spacial score (nSPS) is 11.9. The summed E-state index contributed by atoms with van der Waals surface area (Å²) < 4.78 is 27.8. The van der Waals surface area contributed by atoms with E-state index in [2.05, 4.69) is 20.0 Å². The molecule has 8 nitrogen and oxygen atoms in total. The fourth-order valence-corrected chi connectivity index (χ4v) is 3.15. The first kappa shape index (κ1) is 12.8. The van der Waals surface area contributed by atoms with Gasteiger partial charge < -0.3 is 5.73 Å². The molecule has 10 heteroatoms. The van der Waals surface area contributed by atoms with Crippen molar-refractivity contribution in [2.45, 2.75) is 24.2 Å². The Labute approximate surface area is 108 Å². The number of sulfonamides is 1. The first-order valence-electron chi connectivity index (χ1n) is 5.05. The highest BCUT2D eigenvalue weighted by atomic mass is 32.2. The molecule has 0 aromatic carbocycles. The molecule has 0 bridgehead atoms. The first-order valence-corrected chi connectivity index (χ1v) is 7.35. The second kappa shape index (κ2) is 4.53. The third kappa shape index (κ3) is 2.43. The van der Waals surface area contributed by atoms with Gasteiger partial charge in [-0.2, -0.15) is 13.5 Å². The zero-order valence-electron chi connectivity index (χ0n) is 9.73. The molecular weight excluding hydrogens is 276 g/mol. The highest BCUT2D eigenvalue weighted by Crippen LogP contribution is 2.21. The Morgan fingerprint density at radius 3 is 2.72 bits per heavy atom. The van der Waals surface area contributed by atoms with E-state index in [1.807, 2.05) is 13.8 Å². The molecule has 0 aliphatic carbocycles. The van der Waals surface area contributed by atoms with Gasteiger partial charge in [0.25, 0.3) is 14.4 Å². The van der Waals surface area contributed by atoms with Crippen molar-refractivity contribution in [3.05, 3.63) is 12.3 Å². The maximum atomic E-state index is 12.0. The second-order valence-corrected chi connectivity index (χ2v) is 6.63. The van der Waals surface area contributed by atoms with Crippen molar-refractivity contribution in [3.8, 4) is 0 Å². The van der Waals surface area contributed by atoms with Crippen molar-refractivity contribution in [2.75, 3.05) is 10.5 Å². The fraction of sp³-hybridized carbons (Fsp3) is 0.375. The average molecular weight is 288 g/mol. The number of hydrogen-bond acceptors (Lipinski definition) is 7. The standard InChI is InChI=1S/C8H12N6O2S2/c1-5(2)14-6(3-4-10-14)13-18(15,16)8-12-11-7(9)17-8/h3-5,13H,1-2H3,(H2,9,11). The molecule has 0 saturated heterocycles. The van der Waals surface area contributed by atoms with Gasteiger partial charge in [-0.3, -0.25) is 4.72 Å². The minimum absolute atomic E-state index is 0.0391. The monoisotopic (exact) mass is 288 g/mol. The van der Waals surface area contributed by atoms with Gasteiger partial charge in [-0.1, -0.05) is 11.3 Å². The van der Waals surface area contributed by atoms with Gasteiger partial charge in [-0.15, -0.1) is 10.2 Å². The molecule has 0 saturated carbocycles. The van der Waals surface area contributed by atoms with E-state index in [1.165, 1.54) is 6.20 Å². The van der Waals surface area contributed by atoms with Gasteiger partial charge >= 0.3 is 0 Å². The maximum Gasteiger partial charge on any atom is 0.292 e. The molecule has 2 aromatic heterocycles. The van der Waals surface area contributed by atoms with E-state index in [0.29, 0.717) is 5.82 Å².